The van der Waals surface area contributed by atoms with Crippen LogP contribution in [0.4, 0.5) is 0 Å². The van der Waals surface area contributed by atoms with Crippen LogP contribution in [0.1, 0.15) is 18.1 Å². The molecule has 3 heteroatoms. The van der Waals surface area contributed by atoms with E-state index in [1.54, 1.807) is 19.3 Å². The zero-order valence-corrected chi connectivity index (χ0v) is 13.4. The van der Waals surface area contributed by atoms with Crippen LogP contribution in [0.3, 0.4) is 0 Å². The number of ketones is 1. The molecular formula is C20H20O3. The number of ether oxygens (including phenoxy) is 2. The van der Waals surface area contributed by atoms with Gasteiger partial charge in [0.1, 0.15) is 11.5 Å². The van der Waals surface area contributed by atoms with Crippen molar-refractivity contribution in [1.29, 1.82) is 0 Å². The Hall–Kier alpha value is -2.81. The summed E-state index contributed by atoms with van der Waals surface area (Å²) in [6, 6.07) is 15.2. The first-order chi connectivity index (χ1) is 11.2. The molecule has 118 valence electrons. The van der Waals surface area contributed by atoms with Crippen molar-refractivity contribution >= 4 is 17.9 Å². The summed E-state index contributed by atoms with van der Waals surface area (Å²) in [5, 5.41) is 0. The van der Waals surface area contributed by atoms with Gasteiger partial charge in [0, 0.05) is 5.56 Å². The molecule has 0 fully saturated rings. The fraction of sp³-hybridized carbons (Fsp3) is 0.150. The van der Waals surface area contributed by atoms with Crippen LogP contribution in [0.5, 0.6) is 11.5 Å². The minimum Gasteiger partial charge on any atom is -0.497 e. The third-order valence-corrected chi connectivity index (χ3v) is 3.18. The van der Waals surface area contributed by atoms with Gasteiger partial charge in [-0.3, -0.25) is 4.79 Å². The van der Waals surface area contributed by atoms with Crippen LogP contribution >= 0.6 is 0 Å². The Morgan fingerprint density at radius 1 is 1.04 bits per heavy atom. The first-order valence-electron chi connectivity index (χ1n) is 7.49. The Balaban J connectivity index is 2.05. The SMILES string of the molecule is CCOc1ccccc1/C=C/C(=O)/C=C/c1cccc(OC)c1. The van der Waals surface area contributed by atoms with Gasteiger partial charge >= 0.3 is 0 Å². The lowest BCUT2D eigenvalue weighted by molar-refractivity contribution is -0.110. The molecule has 2 rings (SSSR count). The monoisotopic (exact) mass is 308 g/mol. The van der Waals surface area contributed by atoms with Crippen LogP contribution in [-0.2, 0) is 4.79 Å². The summed E-state index contributed by atoms with van der Waals surface area (Å²) >= 11 is 0. The second-order valence-electron chi connectivity index (χ2n) is 4.82. The predicted octanol–water partition coefficient (Wildman–Crippen LogP) is 4.39. The Morgan fingerprint density at radius 2 is 1.83 bits per heavy atom. The van der Waals surface area contributed by atoms with Gasteiger partial charge < -0.3 is 9.47 Å². The number of benzene rings is 2. The van der Waals surface area contributed by atoms with Gasteiger partial charge in [0.05, 0.1) is 13.7 Å². The molecule has 23 heavy (non-hydrogen) atoms. The van der Waals surface area contributed by atoms with Gasteiger partial charge in [-0.15, -0.1) is 0 Å². The van der Waals surface area contributed by atoms with E-state index >= 15 is 0 Å². The average molecular weight is 308 g/mol. The van der Waals surface area contributed by atoms with Crippen LogP contribution < -0.4 is 9.47 Å². The van der Waals surface area contributed by atoms with E-state index in [1.165, 1.54) is 12.2 Å². The van der Waals surface area contributed by atoms with Crippen molar-refractivity contribution in [1.82, 2.24) is 0 Å². The fourth-order valence-corrected chi connectivity index (χ4v) is 2.06. The summed E-state index contributed by atoms with van der Waals surface area (Å²) < 4.78 is 10.7. The maximum absolute atomic E-state index is 12.0. The van der Waals surface area contributed by atoms with E-state index < -0.39 is 0 Å². The molecule has 0 bridgehead atoms. The molecule has 2 aromatic carbocycles. The number of carbonyl (C=O) groups is 1. The smallest absolute Gasteiger partial charge is 0.178 e. The third-order valence-electron chi connectivity index (χ3n) is 3.18. The van der Waals surface area contributed by atoms with E-state index in [9.17, 15) is 4.79 Å². The van der Waals surface area contributed by atoms with E-state index in [-0.39, 0.29) is 5.78 Å². The van der Waals surface area contributed by atoms with Crippen LogP contribution in [0.2, 0.25) is 0 Å². The van der Waals surface area contributed by atoms with Crippen molar-refractivity contribution in [2.45, 2.75) is 6.92 Å². The summed E-state index contributed by atoms with van der Waals surface area (Å²) in [4.78, 5) is 12.0. The zero-order valence-electron chi connectivity index (χ0n) is 13.4. The molecule has 0 amide bonds. The van der Waals surface area contributed by atoms with Gasteiger partial charge in [0.15, 0.2) is 5.78 Å². The quantitative estimate of drug-likeness (QED) is 0.712. The molecule has 2 aromatic rings. The summed E-state index contributed by atoms with van der Waals surface area (Å²) in [6.45, 7) is 2.52. The number of hydrogen-bond acceptors (Lipinski definition) is 3. The highest BCUT2D eigenvalue weighted by Crippen LogP contribution is 2.19. The van der Waals surface area contributed by atoms with Gasteiger partial charge in [-0.2, -0.15) is 0 Å². The maximum Gasteiger partial charge on any atom is 0.178 e. The van der Waals surface area contributed by atoms with E-state index in [4.69, 9.17) is 9.47 Å². The fourth-order valence-electron chi connectivity index (χ4n) is 2.06. The largest absolute Gasteiger partial charge is 0.497 e. The maximum atomic E-state index is 12.0. The standard InChI is InChI=1S/C20H20O3/c1-3-23-20-10-5-4-8-17(20)12-14-18(21)13-11-16-7-6-9-19(15-16)22-2/h4-15H,3H2,1-2H3/b13-11+,14-12+. The first-order valence-corrected chi connectivity index (χ1v) is 7.49. The average Bonchev–Trinajstić information content (AvgIpc) is 2.59. The van der Waals surface area contributed by atoms with Crippen LogP contribution in [0.15, 0.2) is 60.7 Å². The van der Waals surface area contributed by atoms with Gasteiger partial charge in [-0.1, -0.05) is 36.4 Å². The van der Waals surface area contributed by atoms with Crippen LogP contribution in [0.25, 0.3) is 12.2 Å². The number of carbonyl (C=O) groups excluding carboxylic acids is 1. The second-order valence-corrected chi connectivity index (χ2v) is 4.82. The minimum atomic E-state index is -0.0841. The molecule has 0 unspecified atom stereocenters. The molecule has 0 heterocycles. The lowest BCUT2D eigenvalue weighted by Crippen LogP contribution is -1.93. The van der Waals surface area contributed by atoms with E-state index in [2.05, 4.69) is 0 Å². The molecule has 3 nitrogen and oxygen atoms in total. The summed E-state index contributed by atoms with van der Waals surface area (Å²) in [5.74, 6) is 1.45. The lowest BCUT2D eigenvalue weighted by atomic mass is 10.1. The molecule has 0 aliphatic heterocycles. The van der Waals surface area contributed by atoms with E-state index in [0.29, 0.717) is 6.61 Å². The second kappa shape index (κ2) is 8.59. The molecule has 0 N–H and O–H groups in total. The topological polar surface area (TPSA) is 35.5 Å². The van der Waals surface area contributed by atoms with Crippen LogP contribution in [0, 0.1) is 0 Å². The van der Waals surface area contributed by atoms with E-state index in [1.807, 2.05) is 55.5 Å². The number of hydrogen-bond donors (Lipinski definition) is 0. The number of methoxy groups -OCH3 is 1. The molecule has 0 radical (unpaired) electrons. The lowest BCUT2D eigenvalue weighted by Gasteiger charge is -2.05. The highest BCUT2D eigenvalue weighted by molar-refractivity contribution is 6.04. The van der Waals surface area contributed by atoms with Crippen molar-refractivity contribution in [2.75, 3.05) is 13.7 Å². The zero-order chi connectivity index (χ0) is 16.5. The molecule has 0 saturated heterocycles. The summed E-state index contributed by atoms with van der Waals surface area (Å²) in [6.07, 6.45) is 6.61. The molecular weight excluding hydrogens is 288 g/mol. The van der Waals surface area contributed by atoms with Crippen molar-refractivity contribution in [3.05, 3.63) is 71.8 Å². The van der Waals surface area contributed by atoms with Gasteiger partial charge in [0.2, 0.25) is 0 Å². The van der Waals surface area contributed by atoms with Crippen molar-refractivity contribution < 1.29 is 14.3 Å². The Labute approximate surface area is 136 Å². The Bertz CT molecular complexity index is 714. The summed E-state index contributed by atoms with van der Waals surface area (Å²) in [7, 11) is 1.62. The van der Waals surface area contributed by atoms with Gasteiger partial charge in [0.25, 0.3) is 0 Å². The number of allylic oxidation sites excluding steroid dienone is 2. The molecule has 0 aliphatic carbocycles. The first kappa shape index (κ1) is 16.6. The van der Waals surface area contributed by atoms with Crippen molar-refractivity contribution in [2.24, 2.45) is 0 Å². The predicted molar refractivity (Wildman–Crippen MR) is 93.7 cm³/mol. The molecule has 0 spiro atoms. The van der Waals surface area contributed by atoms with E-state index in [0.717, 1.165) is 22.6 Å². The van der Waals surface area contributed by atoms with Crippen molar-refractivity contribution in [3.8, 4) is 11.5 Å². The van der Waals surface area contributed by atoms with Gasteiger partial charge in [-0.05, 0) is 48.9 Å². The van der Waals surface area contributed by atoms with Crippen LogP contribution in [-0.4, -0.2) is 19.5 Å². The Kier molecular flexibility index (Phi) is 6.18. The summed E-state index contributed by atoms with van der Waals surface area (Å²) in [5.41, 5.74) is 1.80. The van der Waals surface area contributed by atoms with Crippen molar-refractivity contribution in [3.63, 3.8) is 0 Å². The van der Waals surface area contributed by atoms with Gasteiger partial charge in [-0.25, -0.2) is 0 Å². The normalized spacial score (nSPS) is 11.0. The Morgan fingerprint density at radius 3 is 2.61 bits per heavy atom. The highest BCUT2D eigenvalue weighted by Gasteiger charge is 1.99. The molecule has 0 aliphatic rings. The molecule has 0 saturated carbocycles. The number of para-hydroxylation sites is 1. The molecule has 0 atom stereocenters. The third kappa shape index (κ3) is 5.15. The number of rotatable bonds is 7. The highest BCUT2D eigenvalue weighted by atomic mass is 16.5. The molecule has 0 aromatic heterocycles. The minimum absolute atomic E-state index is 0.0841.